The number of carbonyl (C=O) groups excluding carboxylic acids is 2. The monoisotopic (exact) mass is 527 g/mol. The quantitative estimate of drug-likeness (QED) is 0.436. The van der Waals surface area contributed by atoms with Gasteiger partial charge in [0.05, 0.1) is 11.4 Å². The summed E-state index contributed by atoms with van der Waals surface area (Å²) in [6.07, 6.45) is 0.283. The minimum atomic E-state index is -3.95. The normalized spacial score (nSPS) is 12.2. The molecule has 3 rings (SSSR count). The Morgan fingerprint density at radius 1 is 0.917 bits per heavy atom. The van der Waals surface area contributed by atoms with E-state index in [4.69, 9.17) is 11.6 Å². The van der Waals surface area contributed by atoms with Crippen LogP contribution in [0.4, 0.5) is 0 Å². The van der Waals surface area contributed by atoms with Crippen molar-refractivity contribution in [3.05, 3.63) is 101 Å². The molecule has 0 saturated heterocycles. The molecule has 190 valence electrons. The van der Waals surface area contributed by atoms with Gasteiger partial charge in [-0.3, -0.25) is 9.59 Å². The van der Waals surface area contributed by atoms with E-state index in [1.165, 1.54) is 43.3 Å². The topological polar surface area (TPSA) is 86.8 Å². The van der Waals surface area contributed by atoms with Crippen molar-refractivity contribution in [3.63, 3.8) is 0 Å². The molecular formula is C27H30ClN3O4S. The van der Waals surface area contributed by atoms with E-state index in [0.29, 0.717) is 5.02 Å². The van der Waals surface area contributed by atoms with Gasteiger partial charge in [-0.2, -0.15) is 4.31 Å². The smallest absolute Gasteiger partial charge is 0.243 e. The summed E-state index contributed by atoms with van der Waals surface area (Å²) >= 11 is 5.89. The van der Waals surface area contributed by atoms with E-state index in [0.717, 1.165) is 21.0 Å². The van der Waals surface area contributed by atoms with Gasteiger partial charge in [0, 0.05) is 32.1 Å². The Kier molecular flexibility index (Phi) is 9.25. The SMILES string of the molecule is CNC(=O)[C@H](Cc1ccccc1)N(Cc1ccc(C)cc1)C(=O)CN(C)S(=O)(=O)c1ccc(Cl)cc1. The summed E-state index contributed by atoms with van der Waals surface area (Å²) < 4.78 is 27.2. The highest BCUT2D eigenvalue weighted by atomic mass is 35.5. The molecule has 0 aromatic heterocycles. The maximum absolute atomic E-state index is 13.6. The zero-order valence-electron chi connectivity index (χ0n) is 20.5. The molecule has 3 aromatic rings. The highest BCUT2D eigenvalue weighted by Gasteiger charge is 2.32. The first-order valence-corrected chi connectivity index (χ1v) is 13.3. The van der Waals surface area contributed by atoms with Gasteiger partial charge < -0.3 is 10.2 Å². The van der Waals surface area contributed by atoms with Crippen LogP contribution in [-0.2, 0) is 32.6 Å². The van der Waals surface area contributed by atoms with Crippen molar-refractivity contribution in [1.29, 1.82) is 0 Å². The molecule has 0 heterocycles. The average Bonchev–Trinajstić information content (AvgIpc) is 2.87. The lowest BCUT2D eigenvalue weighted by molar-refractivity contribution is -0.141. The number of nitrogens with one attached hydrogen (secondary N) is 1. The zero-order valence-corrected chi connectivity index (χ0v) is 22.1. The van der Waals surface area contributed by atoms with Gasteiger partial charge in [-0.25, -0.2) is 8.42 Å². The second-order valence-corrected chi connectivity index (χ2v) is 11.0. The van der Waals surface area contributed by atoms with Crippen LogP contribution in [0.25, 0.3) is 0 Å². The molecule has 0 aliphatic carbocycles. The van der Waals surface area contributed by atoms with Crippen molar-refractivity contribution in [2.24, 2.45) is 0 Å². The Labute approximate surface area is 217 Å². The second kappa shape index (κ2) is 12.2. The van der Waals surface area contributed by atoms with Crippen molar-refractivity contribution in [2.45, 2.75) is 30.8 Å². The maximum Gasteiger partial charge on any atom is 0.243 e. The third-order valence-electron chi connectivity index (χ3n) is 5.87. The molecule has 9 heteroatoms. The first kappa shape index (κ1) is 27.4. The molecule has 7 nitrogen and oxygen atoms in total. The Morgan fingerprint density at radius 3 is 2.11 bits per heavy atom. The summed E-state index contributed by atoms with van der Waals surface area (Å²) in [5.41, 5.74) is 2.78. The number of halogens is 1. The van der Waals surface area contributed by atoms with Crippen molar-refractivity contribution < 1.29 is 18.0 Å². The lowest BCUT2D eigenvalue weighted by Crippen LogP contribution is -2.52. The maximum atomic E-state index is 13.6. The fourth-order valence-electron chi connectivity index (χ4n) is 3.76. The van der Waals surface area contributed by atoms with E-state index in [1.807, 2.05) is 61.5 Å². The van der Waals surface area contributed by atoms with Gasteiger partial charge in [-0.1, -0.05) is 71.8 Å². The van der Waals surface area contributed by atoms with Crippen LogP contribution >= 0.6 is 11.6 Å². The molecule has 36 heavy (non-hydrogen) atoms. The van der Waals surface area contributed by atoms with Crippen molar-refractivity contribution in [2.75, 3.05) is 20.6 Å². The molecule has 0 saturated carbocycles. The molecule has 1 atom stereocenters. The third-order valence-corrected chi connectivity index (χ3v) is 7.94. The molecule has 0 spiro atoms. The van der Waals surface area contributed by atoms with Crippen LogP contribution in [0.1, 0.15) is 16.7 Å². The molecule has 1 N–H and O–H groups in total. The van der Waals surface area contributed by atoms with Gasteiger partial charge in [-0.05, 0) is 42.3 Å². The number of aryl methyl sites for hydroxylation is 1. The van der Waals surface area contributed by atoms with Gasteiger partial charge in [0.15, 0.2) is 0 Å². The van der Waals surface area contributed by atoms with Crippen LogP contribution in [0.5, 0.6) is 0 Å². The molecule has 0 aliphatic heterocycles. The summed E-state index contributed by atoms with van der Waals surface area (Å²) in [6, 6.07) is 22.0. The summed E-state index contributed by atoms with van der Waals surface area (Å²) in [7, 11) is -1.08. The highest BCUT2D eigenvalue weighted by molar-refractivity contribution is 7.89. The van der Waals surface area contributed by atoms with Gasteiger partial charge in [0.25, 0.3) is 0 Å². The average molecular weight is 528 g/mol. The van der Waals surface area contributed by atoms with Crippen LogP contribution in [0.3, 0.4) is 0 Å². The number of nitrogens with zero attached hydrogens (tertiary/aromatic N) is 2. The molecule has 0 radical (unpaired) electrons. The molecule has 3 aromatic carbocycles. The van der Waals surface area contributed by atoms with Crippen LogP contribution in [0.2, 0.25) is 5.02 Å². The van der Waals surface area contributed by atoms with Crippen LogP contribution < -0.4 is 5.32 Å². The fraction of sp³-hybridized carbons (Fsp3) is 0.259. The molecule has 0 unspecified atom stereocenters. The molecule has 2 amide bonds. The highest BCUT2D eigenvalue weighted by Crippen LogP contribution is 2.19. The Bertz CT molecular complexity index is 1280. The first-order chi connectivity index (χ1) is 17.1. The van der Waals surface area contributed by atoms with Gasteiger partial charge in [0.1, 0.15) is 6.04 Å². The Balaban J connectivity index is 1.93. The summed E-state index contributed by atoms with van der Waals surface area (Å²) in [5.74, 6) is -0.817. The van der Waals surface area contributed by atoms with Gasteiger partial charge >= 0.3 is 0 Å². The molecule has 0 fully saturated rings. The van der Waals surface area contributed by atoms with E-state index in [1.54, 1.807) is 0 Å². The number of amides is 2. The van der Waals surface area contributed by atoms with Crippen LogP contribution in [-0.4, -0.2) is 56.1 Å². The minimum absolute atomic E-state index is 0.0272. The molecular weight excluding hydrogens is 498 g/mol. The van der Waals surface area contributed by atoms with E-state index >= 15 is 0 Å². The largest absolute Gasteiger partial charge is 0.357 e. The fourth-order valence-corrected chi connectivity index (χ4v) is 5.01. The van der Waals surface area contributed by atoms with E-state index in [2.05, 4.69) is 5.32 Å². The second-order valence-electron chi connectivity index (χ2n) is 8.54. The predicted molar refractivity (Wildman–Crippen MR) is 141 cm³/mol. The Morgan fingerprint density at radius 2 is 1.53 bits per heavy atom. The standard InChI is InChI=1S/C27H30ClN3O4S/c1-20-9-11-22(12-10-20)18-31(25(27(33)29-2)17-21-7-5-4-6-8-21)26(32)19-30(3)36(34,35)24-15-13-23(28)14-16-24/h4-16,25H,17-19H2,1-3H3,(H,29,33)/t25-/m0/s1. The lowest BCUT2D eigenvalue weighted by atomic mass is 10.0. The molecule has 0 aliphatic rings. The number of carbonyl (C=O) groups is 2. The number of likely N-dealkylation sites (N-methyl/N-ethyl adjacent to an activating group) is 2. The summed E-state index contributed by atoms with van der Waals surface area (Å²) in [4.78, 5) is 28.1. The van der Waals surface area contributed by atoms with E-state index < -0.39 is 28.5 Å². The van der Waals surface area contributed by atoms with Gasteiger partial charge in [-0.15, -0.1) is 0 Å². The van der Waals surface area contributed by atoms with Crippen LogP contribution in [0.15, 0.2) is 83.8 Å². The van der Waals surface area contributed by atoms with Crippen molar-refractivity contribution >= 4 is 33.4 Å². The number of hydrogen-bond acceptors (Lipinski definition) is 4. The predicted octanol–water partition coefficient (Wildman–Crippen LogP) is 3.66. The van der Waals surface area contributed by atoms with Crippen LogP contribution in [0, 0.1) is 6.92 Å². The number of sulfonamides is 1. The summed E-state index contributed by atoms with van der Waals surface area (Å²) in [5, 5.41) is 3.06. The van der Waals surface area contributed by atoms with E-state index in [9.17, 15) is 18.0 Å². The lowest BCUT2D eigenvalue weighted by Gasteiger charge is -2.32. The Hall–Kier alpha value is -3.20. The number of hydrogen-bond donors (Lipinski definition) is 1. The third kappa shape index (κ3) is 6.94. The van der Waals surface area contributed by atoms with Crippen molar-refractivity contribution in [3.8, 4) is 0 Å². The zero-order chi connectivity index (χ0) is 26.3. The van der Waals surface area contributed by atoms with Crippen molar-refractivity contribution in [1.82, 2.24) is 14.5 Å². The number of rotatable bonds is 10. The first-order valence-electron chi connectivity index (χ1n) is 11.4. The minimum Gasteiger partial charge on any atom is -0.357 e. The van der Waals surface area contributed by atoms with Gasteiger partial charge in [0.2, 0.25) is 21.8 Å². The van der Waals surface area contributed by atoms with E-state index in [-0.39, 0.29) is 23.8 Å². The number of benzene rings is 3. The summed E-state index contributed by atoms with van der Waals surface area (Å²) in [6.45, 7) is 1.68. The molecule has 0 bridgehead atoms.